The third kappa shape index (κ3) is 2.03. The summed E-state index contributed by atoms with van der Waals surface area (Å²) in [4.78, 5) is 0. The average Bonchev–Trinajstić information content (AvgIpc) is 2.17. The zero-order valence-electron chi connectivity index (χ0n) is 6.74. The predicted octanol–water partition coefficient (Wildman–Crippen LogP) is 2.06. The summed E-state index contributed by atoms with van der Waals surface area (Å²) < 4.78 is 4.99. The van der Waals surface area contributed by atoms with Gasteiger partial charge in [-0.1, -0.05) is 16.8 Å². The molecule has 1 N–H and O–H groups in total. The molecule has 0 aliphatic rings. The molecule has 0 bridgehead atoms. The predicted molar refractivity (Wildman–Crippen MR) is 46.5 cm³/mol. The standard InChI is InChI=1S/C8H10ClN2O/c1-11(10-9)8-4-2-3-7(5-8)6-12/h2-5,12H,6H2,1H3/q+1. The van der Waals surface area contributed by atoms with Gasteiger partial charge in [-0.15, -0.1) is 0 Å². The van der Waals surface area contributed by atoms with Crippen molar-refractivity contribution in [1.29, 1.82) is 0 Å². The molecule has 0 saturated carbocycles. The molecule has 4 heteroatoms. The minimum atomic E-state index is 0.0317. The topological polar surface area (TPSA) is 35.6 Å². The lowest BCUT2D eigenvalue weighted by atomic mass is 10.2. The molecule has 0 saturated heterocycles. The highest BCUT2D eigenvalue weighted by Crippen LogP contribution is 2.13. The molecule has 1 aromatic carbocycles. The van der Waals surface area contributed by atoms with Crippen LogP contribution in [0, 0.1) is 0 Å². The quantitative estimate of drug-likeness (QED) is 0.556. The third-order valence-electron chi connectivity index (χ3n) is 1.58. The lowest BCUT2D eigenvalue weighted by Crippen LogP contribution is -1.92. The number of rotatable bonds is 2. The number of hydrogen-bond donors (Lipinski definition) is 1. The summed E-state index contributed by atoms with van der Waals surface area (Å²) in [6, 6.07) is 7.38. The van der Waals surface area contributed by atoms with Gasteiger partial charge in [0.2, 0.25) is 5.69 Å². The maximum Gasteiger partial charge on any atom is 0.233 e. The summed E-state index contributed by atoms with van der Waals surface area (Å²) in [6.45, 7) is 0.0317. The molecule has 0 aliphatic heterocycles. The summed E-state index contributed by atoms with van der Waals surface area (Å²) >= 11 is 5.27. The van der Waals surface area contributed by atoms with Crippen LogP contribution in [0.4, 0.5) is 5.69 Å². The van der Waals surface area contributed by atoms with E-state index in [-0.39, 0.29) is 6.61 Å². The summed E-state index contributed by atoms with van der Waals surface area (Å²) in [5, 5.41) is 8.83. The van der Waals surface area contributed by atoms with Crippen molar-refractivity contribution in [3.05, 3.63) is 29.8 Å². The van der Waals surface area contributed by atoms with Crippen LogP contribution < -0.4 is 0 Å². The highest BCUT2D eigenvalue weighted by molar-refractivity contribution is 6.13. The van der Waals surface area contributed by atoms with E-state index in [1.807, 2.05) is 24.3 Å². The van der Waals surface area contributed by atoms with Gasteiger partial charge in [0.15, 0.2) is 7.05 Å². The van der Waals surface area contributed by atoms with Crippen molar-refractivity contribution in [2.45, 2.75) is 6.61 Å². The van der Waals surface area contributed by atoms with E-state index in [1.165, 1.54) is 4.70 Å². The van der Waals surface area contributed by atoms with Crippen LogP contribution >= 0.6 is 11.8 Å². The first kappa shape index (κ1) is 9.16. The molecular formula is C8H10ClN2O+. The van der Waals surface area contributed by atoms with Gasteiger partial charge in [0.25, 0.3) is 0 Å². The molecular weight excluding hydrogens is 176 g/mol. The fraction of sp³-hybridized carbons (Fsp3) is 0.250. The molecule has 0 atom stereocenters. The van der Waals surface area contributed by atoms with Gasteiger partial charge in [-0.25, -0.2) is 0 Å². The lowest BCUT2D eigenvalue weighted by molar-refractivity contribution is -0.471. The summed E-state index contributed by atoms with van der Waals surface area (Å²) in [5.41, 5.74) is 1.70. The smallest absolute Gasteiger partial charge is 0.233 e. The Labute approximate surface area is 76.0 Å². The van der Waals surface area contributed by atoms with E-state index in [0.717, 1.165) is 11.3 Å². The lowest BCUT2D eigenvalue weighted by Gasteiger charge is -1.95. The van der Waals surface area contributed by atoms with Crippen LogP contribution in [0.25, 0.3) is 0 Å². The number of halogens is 1. The van der Waals surface area contributed by atoms with Gasteiger partial charge >= 0.3 is 0 Å². The number of aliphatic hydroxyl groups excluding tert-OH is 1. The van der Waals surface area contributed by atoms with Gasteiger partial charge in [0.1, 0.15) is 11.8 Å². The Morgan fingerprint density at radius 1 is 1.58 bits per heavy atom. The molecule has 0 aliphatic carbocycles. The highest BCUT2D eigenvalue weighted by Gasteiger charge is 2.04. The maximum absolute atomic E-state index is 8.83. The average molecular weight is 186 g/mol. The Bertz CT molecular complexity index is 299. The van der Waals surface area contributed by atoms with Crippen molar-refractivity contribution in [1.82, 2.24) is 0 Å². The SMILES string of the molecule is C[N+](=NCl)c1cccc(CO)c1. The third-order valence-corrected chi connectivity index (χ3v) is 1.81. The van der Waals surface area contributed by atoms with Crippen LogP contribution in [-0.2, 0) is 6.61 Å². The first-order chi connectivity index (χ1) is 5.77. The zero-order chi connectivity index (χ0) is 8.97. The Hall–Kier alpha value is -0.930. The van der Waals surface area contributed by atoms with Crippen molar-refractivity contribution in [2.24, 2.45) is 4.63 Å². The normalized spacial score (nSPS) is 11.8. The molecule has 0 amide bonds. The Kier molecular flexibility index (Phi) is 3.19. The first-order valence-electron chi connectivity index (χ1n) is 3.53. The molecule has 1 rings (SSSR count). The molecule has 64 valence electrons. The second-order valence-electron chi connectivity index (χ2n) is 2.43. The van der Waals surface area contributed by atoms with Crippen LogP contribution in [0.5, 0.6) is 0 Å². The zero-order valence-corrected chi connectivity index (χ0v) is 7.49. The van der Waals surface area contributed by atoms with E-state index in [0.29, 0.717) is 0 Å². The second-order valence-corrected chi connectivity index (χ2v) is 2.58. The van der Waals surface area contributed by atoms with Gasteiger partial charge < -0.3 is 5.11 Å². The van der Waals surface area contributed by atoms with Crippen LogP contribution in [0.3, 0.4) is 0 Å². The first-order valence-corrected chi connectivity index (χ1v) is 3.87. The maximum atomic E-state index is 8.83. The van der Waals surface area contributed by atoms with Crippen molar-refractivity contribution >= 4 is 17.5 Å². The van der Waals surface area contributed by atoms with Crippen molar-refractivity contribution in [2.75, 3.05) is 7.05 Å². The molecule has 12 heavy (non-hydrogen) atoms. The van der Waals surface area contributed by atoms with E-state index < -0.39 is 0 Å². The van der Waals surface area contributed by atoms with Crippen LogP contribution in [0.1, 0.15) is 5.56 Å². The molecule has 1 aromatic rings. The second kappa shape index (κ2) is 4.18. The fourth-order valence-electron chi connectivity index (χ4n) is 0.900. The van der Waals surface area contributed by atoms with Crippen molar-refractivity contribution < 1.29 is 9.80 Å². The van der Waals surface area contributed by atoms with Crippen molar-refractivity contribution in [3.63, 3.8) is 0 Å². The van der Waals surface area contributed by atoms with Crippen LogP contribution in [-0.4, -0.2) is 16.9 Å². The van der Waals surface area contributed by atoms with E-state index in [1.54, 1.807) is 7.05 Å². The Balaban J connectivity index is 3.02. The fourth-order valence-corrected chi connectivity index (χ4v) is 0.987. The van der Waals surface area contributed by atoms with Gasteiger partial charge in [0, 0.05) is 12.1 Å². The van der Waals surface area contributed by atoms with Crippen LogP contribution in [0.15, 0.2) is 28.9 Å². The molecule has 0 radical (unpaired) electrons. The van der Waals surface area contributed by atoms with Crippen LogP contribution in [0.2, 0.25) is 0 Å². The monoisotopic (exact) mass is 185 g/mol. The van der Waals surface area contributed by atoms with E-state index >= 15 is 0 Å². The summed E-state index contributed by atoms with van der Waals surface area (Å²) in [7, 11) is 1.74. The summed E-state index contributed by atoms with van der Waals surface area (Å²) in [6.07, 6.45) is 0. The molecule has 0 spiro atoms. The van der Waals surface area contributed by atoms with E-state index in [9.17, 15) is 0 Å². The van der Waals surface area contributed by atoms with Crippen molar-refractivity contribution in [3.8, 4) is 0 Å². The number of nitrogens with zero attached hydrogens (tertiary/aromatic N) is 2. The Morgan fingerprint density at radius 2 is 2.33 bits per heavy atom. The van der Waals surface area contributed by atoms with E-state index in [4.69, 9.17) is 16.9 Å². The van der Waals surface area contributed by atoms with Gasteiger partial charge in [-0.05, 0) is 5.56 Å². The summed E-state index contributed by atoms with van der Waals surface area (Å²) in [5.74, 6) is 0. The number of benzene rings is 1. The minimum absolute atomic E-state index is 0.0317. The number of aliphatic hydroxyl groups is 1. The highest BCUT2D eigenvalue weighted by atomic mass is 35.5. The van der Waals surface area contributed by atoms with Gasteiger partial charge in [-0.2, -0.15) is 0 Å². The molecule has 0 heterocycles. The van der Waals surface area contributed by atoms with Gasteiger partial charge in [0.05, 0.1) is 11.2 Å². The largest absolute Gasteiger partial charge is 0.392 e. The van der Waals surface area contributed by atoms with Gasteiger partial charge in [-0.3, -0.25) is 0 Å². The Morgan fingerprint density at radius 3 is 2.92 bits per heavy atom. The van der Waals surface area contributed by atoms with E-state index in [2.05, 4.69) is 4.63 Å². The molecule has 3 nitrogen and oxygen atoms in total. The molecule has 0 aromatic heterocycles. The minimum Gasteiger partial charge on any atom is -0.392 e. The number of hydrogen-bond acceptors (Lipinski definition) is 2. The molecule has 0 fully saturated rings. The molecule has 0 unspecified atom stereocenters.